The second-order valence-electron chi connectivity index (χ2n) is 5.53. The summed E-state index contributed by atoms with van der Waals surface area (Å²) in [5, 5.41) is 9.24. The third kappa shape index (κ3) is 4.79. The molecule has 0 aromatic heterocycles. The molecule has 3 nitrogen and oxygen atoms in total. The highest BCUT2D eigenvalue weighted by molar-refractivity contribution is 5.91. The zero-order valence-corrected chi connectivity index (χ0v) is 12.3. The number of alkyl halides is 3. The van der Waals surface area contributed by atoms with E-state index in [1.165, 1.54) is 41.3 Å². The van der Waals surface area contributed by atoms with E-state index in [1.807, 2.05) is 0 Å². The third-order valence-corrected chi connectivity index (χ3v) is 3.92. The molecular weight excluding hydrogens is 314 g/mol. The molecule has 126 valence electrons. The number of aliphatic hydroxyl groups is 1. The molecule has 2 rings (SSSR count). The molecular formula is C16H17F4NO2. The first kappa shape index (κ1) is 17.5. The summed E-state index contributed by atoms with van der Waals surface area (Å²) in [4.78, 5) is 13.4. The first-order valence-corrected chi connectivity index (χ1v) is 7.24. The molecule has 1 heterocycles. The number of piperidine rings is 1. The van der Waals surface area contributed by atoms with Gasteiger partial charge in [0.2, 0.25) is 5.91 Å². The predicted molar refractivity (Wildman–Crippen MR) is 76.8 cm³/mol. The standard InChI is InChI=1S/C16H17F4NO2/c17-13-4-1-11(2-5-13)3-6-14(22)21-9-7-12(8-10-21)15(23)16(18,19)20/h1-6,12,15,23H,7-10H2/b6-3+. The van der Waals surface area contributed by atoms with Crippen molar-refractivity contribution in [2.45, 2.75) is 25.1 Å². The molecule has 0 aliphatic carbocycles. The van der Waals surface area contributed by atoms with Gasteiger partial charge in [-0.3, -0.25) is 4.79 Å². The van der Waals surface area contributed by atoms with Gasteiger partial charge in [-0.05, 0) is 42.5 Å². The van der Waals surface area contributed by atoms with Crippen LogP contribution in [0, 0.1) is 11.7 Å². The zero-order valence-electron chi connectivity index (χ0n) is 12.3. The molecule has 1 atom stereocenters. The van der Waals surface area contributed by atoms with Crippen molar-refractivity contribution in [1.29, 1.82) is 0 Å². The van der Waals surface area contributed by atoms with E-state index in [0.29, 0.717) is 5.56 Å². The van der Waals surface area contributed by atoms with Crippen LogP contribution in [0.25, 0.3) is 6.08 Å². The summed E-state index contributed by atoms with van der Waals surface area (Å²) < 4.78 is 50.1. The third-order valence-electron chi connectivity index (χ3n) is 3.92. The number of carbonyl (C=O) groups is 1. The highest BCUT2D eigenvalue weighted by Gasteiger charge is 2.44. The van der Waals surface area contributed by atoms with Gasteiger partial charge in [0.25, 0.3) is 0 Å². The van der Waals surface area contributed by atoms with Crippen LogP contribution in [-0.4, -0.2) is 41.3 Å². The average Bonchev–Trinajstić information content (AvgIpc) is 2.52. The fraction of sp³-hybridized carbons (Fsp3) is 0.438. The lowest BCUT2D eigenvalue weighted by Crippen LogP contribution is -2.44. The molecule has 7 heteroatoms. The van der Waals surface area contributed by atoms with E-state index in [1.54, 1.807) is 0 Å². The smallest absolute Gasteiger partial charge is 0.383 e. The predicted octanol–water partition coefficient (Wildman–Crippen LogP) is 3.00. The first-order valence-electron chi connectivity index (χ1n) is 7.24. The number of likely N-dealkylation sites (tertiary alicyclic amines) is 1. The molecule has 0 saturated carbocycles. The van der Waals surface area contributed by atoms with Crippen molar-refractivity contribution in [2.24, 2.45) is 5.92 Å². The van der Waals surface area contributed by atoms with Crippen molar-refractivity contribution in [2.75, 3.05) is 13.1 Å². The highest BCUT2D eigenvalue weighted by Crippen LogP contribution is 2.31. The Kier molecular flexibility index (Phi) is 5.41. The monoisotopic (exact) mass is 331 g/mol. The normalized spacial score (nSPS) is 18.4. The Morgan fingerprint density at radius 1 is 1.22 bits per heavy atom. The summed E-state index contributed by atoms with van der Waals surface area (Å²) in [6, 6.07) is 5.58. The summed E-state index contributed by atoms with van der Waals surface area (Å²) in [6.45, 7) is 0.342. The largest absolute Gasteiger partial charge is 0.414 e. The molecule has 23 heavy (non-hydrogen) atoms. The molecule has 1 aliphatic rings. The van der Waals surface area contributed by atoms with E-state index in [2.05, 4.69) is 0 Å². The number of hydrogen-bond acceptors (Lipinski definition) is 2. The maximum absolute atomic E-state index is 12.8. The van der Waals surface area contributed by atoms with Crippen LogP contribution in [0.4, 0.5) is 17.6 Å². The molecule has 1 unspecified atom stereocenters. The fourth-order valence-electron chi connectivity index (χ4n) is 2.55. The number of hydrogen-bond donors (Lipinski definition) is 1. The lowest BCUT2D eigenvalue weighted by molar-refractivity contribution is -0.222. The zero-order chi connectivity index (χ0) is 17.0. The first-order chi connectivity index (χ1) is 10.8. The second kappa shape index (κ2) is 7.12. The van der Waals surface area contributed by atoms with Crippen LogP contribution in [-0.2, 0) is 4.79 Å². The minimum atomic E-state index is -4.63. The number of halogens is 4. The quantitative estimate of drug-likeness (QED) is 0.683. The Hall–Kier alpha value is -1.89. The summed E-state index contributed by atoms with van der Waals surface area (Å²) in [6.07, 6.45) is -3.91. The Balaban J connectivity index is 1.87. The van der Waals surface area contributed by atoms with Crippen LogP contribution in [0.2, 0.25) is 0 Å². The summed E-state index contributed by atoms with van der Waals surface area (Å²) in [7, 11) is 0. The van der Waals surface area contributed by atoms with Gasteiger partial charge >= 0.3 is 6.18 Å². The molecule has 1 fully saturated rings. The number of aliphatic hydroxyl groups excluding tert-OH is 1. The molecule has 0 spiro atoms. The van der Waals surface area contributed by atoms with E-state index in [-0.39, 0.29) is 37.7 Å². The molecule has 1 N–H and O–H groups in total. The lowest BCUT2D eigenvalue weighted by Gasteiger charge is -2.34. The van der Waals surface area contributed by atoms with E-state index in [4.69, 9.17) is 0 Å². The number of nitrogens with zero attached hydrogens (tertiary/aromatic N) is 1. The Labute approximate surface area is 131 Å². The van der Waals surface area contributed by atoms with Crippen molar-refractivity contribution < 1.29 is 27.5 Å². The van der Waals surface area contributed by atoms with Gasteiger partial charge in [0.05, 0.1) is 0 Å². The Morgan fingerprint density at radius 2 is 1.78 bits per heavy atom. The molecule has 1 aromatic rings. The SMILES string of the molecule is O=C(/C=C/c1ccc(F)cc1)N1CCC(C(O)C(F)(F)F)CC1. The van der Waals surface area contributed by atoms with Crippen molar-refractivity contribution in [3.8, 4) is 0 Å². The number of rotatable bonds is 3. The average molecular weight is 331 g/mol. The summed E-state index contributed by atoms with van der Waals surface area (Å²) in [5.74, 6) is -1.56. The molecule has 1 amide bonds. The lowest BCUT2D eigenvalue weighted by atomic mass is 9.91. The maximum atomic E-state index is 12.8. The van der Waals surface area contributed by atoms with Crippen LogP contribution < -0.4 is 0 Å². The van der Waals surface area contributed by atoms with Crippen molar-refractivity contribution >= 4 is 12.0 Å². The number of amides is 1. The highest BCUT2D eigenvalue weighted by atomic mass is 19.4. The van der Waals surface area contributed by atoms with Gasteiger partial charge in [0.1, 0.15) is 5.82 Å². The Bertz CT molecular complexity index is 560. The number of benzene rings is 1. The minimum Gasteiger partial charge on any atom is -0.383 e. The fourth-order valence-corrected chi connectivity index (χ4v) is 2.55. The van der Waals surface area contributed by atoms with Crippen LogP contribution in [0.1, 0.15) is 18.4 Å². The van der Waals surface area contributed by atoms with Crippen molar-refractivity contribution in [3.63, 3.8) is 0 Å². The van der Waals surface area contributed by atoms with Gasteiger partial charge in [-0.15, -0.1) is 0 Å². The molecule has 0 bridgehead atoms. The summed E-state index contributed by atoms with van der Waals surface area (Å²) in [5.41, 5.74) is 0.655. The van der Waals surface area contributed by atoms with Crippen molar-refractivity contribution in [1.82, 2.24) is 4.90 Å². The molecule has 1 aliphatic heterocycles. The van der Waals surface area contributed by atoms with E-state index in [9.17, 15) is 27.5 Å². The van der Waals surface area contributed by atoms with Gasteiger partial charge in [0, 0.05) is 19.2 Å². The van der Waals surface area contributed by atoms with Crippen LogP contribution in [0.3, 0.4) is 0 Å². The van der Waals surface area contributed by atoms with Gasteiger partial charge in [0.15, 0.2) is 6.10 Å². The van der Waals surface area contributed by atoms with E-state index < -0.39 is 18.2 Å². The second-order valence-corrected chi connectivity index (χ2v) is 5.53. The van der Waals surface area contributed by atoms with Crippen LogP contribution in [0.15, 0.2) is 30.3 Å². The van der Waals surface area contributed by atoms with Crippen LogP contribution >= 0.6 is 0 Å². The topological polar surface area (TPSA) is 40.5 Å². The maximum Gasteiger partial charge on any atom is 0.414 e. The number of carbonyl (C=O) groups excluding carboxylic acids is 1. The molecule has 1 saturated heterocycles. The van der Waals surface area contributed by atoms with E-state index in [0.717, 1.165) is 0 Å². The molecule has 0 radical (unpaired) electrons. The minimum absolute atomic E-state index is 0.108. The Morgan fingerprint density at radius 3 is 2.30 bits per heavy atom. The summed E-state index contributed by atoms with van der Waals surface area (Å²) >= 11 is 0. The van der Waals surface area contributed by atoms with Crippen LogP contribution in [0.5, 0.6) is 0 Å². The molecule has 1 aromatic carbocycles. The van der Waals surface area contributed by atoms with E-state index >= 15 is 0 Å². The van der Waals surface area contributed by atoms with Gasteiger partial charge < -0.3 is 10.0 Å². The van der Waals surface area contributed by atoms with Gasteiger partial charge in [-0.25, -0.2) is 4.39 Å². The van der Waals surface area contributed by atoms with Gasteiger partial charge in [-0.1, -0.05) is 12.1 Å². The van der Waals surface area contributed by atoms with Gasteiger partial charge in [-0.2, -0.15) is 13.2 Å². The van der Waals surface area contributed by atoms with Crippen molar-refractivity contribution in [3.05, 3.63) is 41.7 Å².